The second-order valence-corrected chi connectivity index (χ2v) is 5.93. The molecule has 1 saturated heterocycles. The Labute approximate surface area is 137 Å². The van der Waals surface area contributed by atoms with Crippen LogP contribution in [-0.4, -0.2) is 60.2 Å². The lowest BCUT2D eigenvalue weighted by Gasteiger charge is -2.24. The fourth-order valence-corrected chi connectivity index (χ4v) is 2.96. The number of hydrogen-bond donors (Lipinski definition) is 1. The summed E-state index contributed by atoms with van der Waals surface area (Å²) in [6.45, 7) is 2.05. The number of aryl methyl sites for hydroxylation is 2. The molecule has 2 aromatic rings. The first kappa shape index (κ1) is 16.1. The van der Waals surface area contributed by atoms with Crippen molar-refractivity contribution in [3.05, 3.63) is 29.3 Å². The van der Waals surface area contributed by atoms with E-state index < -0.39 is 12.1 Å². The summed E-state index contributed by atoms with van der Waals surface area (Å²) in [5.41, 5.74) is 6.30. The molecule has 2 atom stereocenters. The van der Waals surface area contributed by atoms with E-state index in [1.165, 1.54) is 20.5 Å². The van der Waals surface area contributed by atoms with Crippen LogP contribution in [0.1, 0.15) is 33.1 Å². The number of alkyl halides is 1. The van der Waals surface area contributed by atoms with Crippen LogP contribution in [0.25, 0.3) is 0 Å². The second-order valence-electron chi connectivity index (χ2n) is 5.93. The molecule has 0 aliphatic carbocycles. The topological polar surface area (TPSA) is 112 Å². The first-order valence-corrected chi connectivity index (χ1v) is 7.50. The van der Waals surface area contributed by atoms with Gasteiger partial charge in [0, 0.05) is 13.5 Å². The Balaban J connectivity index is 1.79. The van der Waals surface area contributed by atoms with Crippen molar-refractivity contribution in [2.45, 2.75) is 32.1 Å². The fourth-order valence-electron chi connectivity index (χ4n) is 2.96. The summed E-state index contributed by atoms with van der Waals surface area (Å²) in [7, 11) is 1.68. The number of primary amides is 1. The van der Waals surface area contributed by atoms with Gasteiger partial charge in [-0.2, -0.15) is 5.10 Å². The number of aromatic nitrogens is 5. The van der Waals surface area contributed by atoms with Crippen LogP contribution >= 0.6 is 0 Å². The minimum Gasteiger partial charge on any atom is -0.364 e. The molecule has 2 amide bonds. The van der Waals surface area contributed by atoms with Crippen molar-refractivity contribution in [3.63, 3.8) is 0 Å². The van der Waals surface area contributed by atoms with E-state index in [-0.39, 0.29) is 37.2 Å². The molecule has 128 valence electrons. The molecule has 1 fully saturated rings. The lowest BCUT2D eigenvalue weighted by Crippen LogP contribution is -2.39. The van der Waals surface area contributed by atoms with E-state index in [0.29, 0.717) is 5.69 Å². The van der Waals surface area contributed by atoms with Crippen LogP contribution in [0.2, 0.25) is 0 Å². The van der Waals surface area contributed by atoms with Gasteiger partial charge < -0.3 is 10.6 Å². The van der Waals surface area contributed by atoms with Crippen molar-refractivity contribution >= 4 is 11.8 Å². The minimum absolute atomic E-state index is 0.0189. The molecule has 0 radical (unpaired) electrons. The van der Waals surface area contributed by atoms with Crippen LogP contribution in [0.5, 0.6) is 0 Å². The number of nitrogens with zero attached hydrogens (tertiary/aromatic N) is 6. The Bertz CT molecular complexity index is 784. The highest BCUT2D eigenvalue weighted by Crippen LogP contribution is 2.24. The molecule has 3 heterocycles. The van der Waals surface area contributed by atoms with Crippen LogP contribution in [0.15, 0.2) is 12.3 Å². The summed E-state index contributed by atoms with van der Waals surface area (Å²) in [5.74, 6) is -0.965. The number of amides is 2. The van der Waals surface area contributed by atoms with Crippen LogP contribution in [0.3, 0.4) is 0 Å². The summed E-state index contributed by atoms with van der Waals surface area (Å²) in [6, 6.07) is 1.29. The molecule has 10 heteroatoms. The number of rotatable bonds is 4. The standard InChI is InChI=1S/C14H18FN7O2/c1-8-3-12(20(2)18-8)14(24)22-5-9(15)4-10(22)6-21-7-11(13(16)23)17-19-21/h3,7,9-10H,4-6H2,1-2H3,(H2,16,23)/t9-,10-/m0/s1. The molecule has 0 spiro atoms. The van der Waals surface area contributed by atoms with Gasteiger partial charge in [-0.05, 0) is 13.0 Å². The number of halogens is 1. The third-order valence-electron chi connectivity index (χ3n) is 4.03. The molecule has 0 bridgehead atoms. The number of hydrogen-bond acceptors (Lipinski definition) is 5. The monoisotopic (exact) mass is 335 g/mol. The van der Waals surface area contributed by atoms with Gasteiger partial charge in [-0.1, -0.05) is 5.21 Å². The maximum atomic E-state index is 13.9. The van der Waals surface area contributed by atoms with Gasteiger partial charge in [0.25, 0.3) is 11.8 Å². The second kappa shape index (κ2) is 6.02. The van der Waals surface area contributed by atoms with E-state index in [2.05, 4.69) is 15.4 Å². The molecule has 3 rings (SSSR count). The van der Waals surface area contributed by atoms with Crippen LogP contribution < -0.4 is 5.73 Å². The quantitative estimate of drug-likeness (QED) is 0.822. The summed E-state index contributed by atoms with van der Waals surface area (Å²) >= 11 is 0. The molecule has 2 N–H and O–H groups in total. The van der Waals surface area contributed by atoms with E-state index in [1.54, 1.807) is 20.0 Å². The number of carbonyl (C=O) groups excluding carboxylic acids is 2. The van der Waals surface area contributed by atoms with Crippen molar-refractivity contribution in [1.29, 1.82) is 0 Å². The lowest BCUT2D eigenvalue weighted by molar-refractivity contribution is 0.0703. The highest BCUT2D eigenvalue weighted by Gasteiger charge is 2.37. The van der Waals surface area contributed by atoms with Crippen LogP contribution in [0, 0.1) is 6.92 Å². The molecule has 0 unspecified atom stereocenters. The Hall–Kier alpha value is -2.78. The van der Waals surface area contributed by atoms with Crippen molar-refractivity contribution in [2.24, 2.45) is 12.8 Å². The van der Waals surface area contributed by atoms with E-state index >= 15 is 0 Å². The van der Waals surface area contributed by atoms with Crippen molar-refractivity contribution in [3.8, 4) is 0 Å². The first-order valence-electron chi connectivity index (χ1n) is 7.50. The van der Waals surface area contributed by atoms with Gasteiger partial charge in [0.15, 0.2) is 5.69 Å². The third-order valence-corrected chi connectivity index (χ3v) is 4.03. The smallest absolute Gasteiger partial charge is 0.272 e. The highest BCUT2D eigenvalue weighted by atomic mass is 19.1. The molecule has 24 heavy (non-hydrogen) atoms. The Morgan fingerprint density at radius 3 is 2.79 bits per heavy atom. The van der Waals surface area contributed by atoms with E-state index in [4.69, 9.17) is 5.73 Å². The van der Waals surface area contributed by atoms with Gasteiger partial charge in [-0.3, -0.25) is 14.3 Å². The van der Waals surface area contributed by atoms with Crippen LogP contribution in [-0.2, 0) is 13.6 Å². The van der Waals surface area contributed by atoms with Crippen LogP contribution in [0.4, 0.5) is 4.39 Å². The maximum absolute atomic E-state index is 13.9. The Morgan fingerprint density at radius 2 is 2.21 bits per heavy atom. The Kier molecular flexibility index (Phi) is 4.04. The van der Waals surface area contributed by atoms with Gasteiger partial charge in [0.1, 0.15) is 11.9 Å². The SMILES string of the molecule is Cc1cc(C(=O)N2C[C@@H](F)C[C@H]2Cn2cc(C(N)=O)nn2)n(C)n1. The summed E-state index contributed by atoms with van der Waals surface area (Å²) in [4.78, 5) is 25.3. The predicted octanol–water partition coefficient (Wildman–Crippen LogP) is -0.328. The molecular weight excluding hydrogens is 317 g/mol. The average molecular weight is 335 g/mol. The highest BCUT2D eigenvalue weighted by molar-refractivity contribution is 5.93. The third kappa shape index (κ3) is 2.99. The largest absolute Gasteiger partial charge is 0.364 e. The predicted molar refractivity (Wildman–Crippen MR) is 80.8 cm³/mol. The van der Waals surface area contributed by atoms with Crippen molar-refractivity contribution < 1.29 is 14.0 Å². The molecule has 2 aromatic heterocycles. The van der Waals surface area contributed by atoms with Gasteiger partial charge in [0.05, 0.1) is 31.0 Å². The summed E-state index contributed by atoms with van der Waals surface area (Å²) in [6.07, 6.45) is 0.492. The van der Waals surface area contributed by atoms with Crippen molar-refractivity contribution in [1.82, 2.24) is 29.7 Å². The molecule has 9 nitrogen and oxygen atoms in total. The molecule has 0 saturated carbocycles. The molecule has 1 aliphatic heterocycles. The summed E-state index contributed by atoms with van der Waals surface area (Å²) in [5, 5.41) is 11.6. The van der Waals surface area contributed by atoms with Gasteiger partial charge >= 0.3 is 0 Å². The lowest BCUT2D eigenvalue weighted by atomic mass is 10.2. The molecular formula is C14H18FN7O2. The van der Waals surface area contributed by atoms with E-state index in [1.807, 2.05) is 0 Å². The number of nitrogens with two attached hydrogens (primary N) is 1. The fraction of sp³-hybridized carbons (Fsp3) is 0.500. The van der Waals surface area contributed by atoms with E-state index in [0.717, 1.165) is 5.69 Å². The zero-order valence-electron chi connectivity index (χ0n) is 13.4. The van der Waals surface area contributed by atoms with Gasteiger partial charge in [-0.25, -0.2) is 9.07 Å². The van der Waals surface area contributed by atoms with Gasteiger partial charge in [0.2, 0.25) is 0 Å². The van der Waals surface area contributed by atoms with Crippen molar-refractivity contribution in [2.75, 3.05) is 6.54 Å². The minimum atomic E-state index is -1.10. The zero-order chi connectivity index (χ0) is 17.4. The maximum Gasteiger partial charge on any atom is 0.272 e. The normalized spacial score (nSPS) is 20.5. The zero-order valence-corrected chi connectivity index (χ0v) is 13.4. The average Bonchev–Trinajstić information content (AvgIpc) is 3.18. The van der Waals surface area contributed by atoms with E-state index in [9.17, 15) is 14.0 Å². The number of likely N-dealkylation sites (tertiary alicyclic amines) is 1. The Morgan fingerprint density at radius 1 is 1.46 bits per heavy atom. The first-order chi connectivity index (χ1) is 11.3. The molecule has 1 aliphatic rings. The number of carbonyl (C=O) groups is 2. The molecule has 0 aromatic carbocycles. The van der Waals surface area contributed by atoms with Gasteiger partial charge in [-0.15, -0.1) is 5.10 Å². The summed E-state index contributed by atoms with van der Waals surface area (Å²) < 4.78 is 16.8.